The molecule has 0 aliphatic carbocycles. The highest BCUT2D eigenvalue weighted by molar-refractivity contribution is 4.22. The lowest BCUT2D eigenvalue weighted by Crippen LogP contribution is -3.15. The molecule has 0 aromatic carbocycles. The van der Waals surface area contributed by atoms with Crippen molar-refractivity contribution in [3.63, 3.8) is 0 Å². The van der Waals surface area contributed by atoms with Crippen LogP contribution in [0.3, 0.4) is 0 Å². The van der Waals surface area contributed by atoms with Crippen molar-refractivity contribution in [2.75, 3.05) is 27.2 Å². The molecule has 1 unspecified atom stereocenters. The summed E-state index contributed by atoms with van der Waals surface area (Å²) in [6.07, 6.45) is 1.26. The molecular formula is C7H19N2+. The highest BCUT2D eigenvalue weighted by atomic mass is 15.6. The summed E-state index contributed by atoms with van der Waals surface area (Å²) in [5, 5.41) is 3.80. The van der Waals surface area contributed by atoms with Crippen molar-refractivity contribution < 1.29 is 5.01 Å². The molecule has 0 fully saturated rings. The lowest BCUT2D eigenvalue weighted by molar-refractivity contribution is -0.996. The fourth-order valence-electron chi connectivity index (χ4n) is 0.823. The van der Waals surface area contributed by atoms with Gasteiger partial charge in [0.25, 0.3) is 0 Å². The molecular weight excluding hydrogens is 112 g/mol. The monoisotopic (exact) mass is 131 g/mol. The quantitative estimate of drug-likeness (QED) is 0.518. The van der Waals surface area contributed by atoms with Crippen LogP contribution in [-0.2, 0) is 0 Å². The zero-order chi connectivity index (χ0) is 7.28. The van der Waals surface area contributed by atoms with Crippen LogP contribution in [0.1, 0.15) is 20.3 Å². The van der Waals surface area contributed by atoms with E-state index < -0.39 is 0 Å². The van der Waals surface area contributed by atoms with E-state index in [4.69, 9.17) is 0 Å². The van der Waals surface area contributed by atoms with E-state index in [1.165, 1.54) is 18.0 Å². The van der Waals surface area contributed by atoms with Gasteiger partial charge in [-0.25, -0.2) is 0 Å². The van der Waals surface area contributed by atoms with E-state index in [1.54, 1.807) is 0 Å². The zero-order valence-electron chi connectivity index (χ0n) is 7.07. The molecule has 0 heterocycles. The summed E-state index contributed by atoms with van der Waals surface area (Å²) in [6, 6.07) is 0. The molecule has 1 atom stereocenters. The number of hydrogen-bond acceptors (Lipinski definition) is 1. The van der Waals surface area contributed by atoms with Crippen molar-refractivity contribution >= 4 is 0 Å². The van der Waals surface area contributed by atoms with E-state index in [1.807, 2.05) is 0 Å². The Bertz CT molecular complexity index is 63.9. The van der Waals surface area contributed by atoms with Crippen LogP contribution in [0.15, 0.2) is 0 Å². The molecule has 0 aliphatic heterocycles. The van der Waals surface area contributed by atoms with Gasteiger partial charge in [-0.15, -0.1) is 0 Å². The number of rotatable bonds is 4. The zero-order valence-corrected chi connectivity index (χ0v) is 7.07. The second-order valence-electron chi connectivity index (χ2n) is 2.50. The molecule has 0 aliphatic rings. The lowest BCUT2D eigenvalue weighted by Gasteiger charge is -2.21. The molecule has 0 spiro atoms. The van der Waals surface area contributed by atoms with Crippen LogP contribution in [-0.4, -0.2) is 32.2 Å². The Labute approximate surface area is 58.4 Å². The van der Waals surface area contributed by atoms with Crippen molar-refractivity contribution in [1.82, 2.24) is 5.01 Å². The van der Waals surface area contributed by atoms with Gasteiger partial charge >= 0.3 is 0 Å². The summed E-state index contributed by atoms with van der Waals surface area (Å²) in [4.78, 5) is 0. The molecule has 0 saturated heterocycles. The molecule has 1 N–H and O–H groups in total. The van der Waals surface area contributed by atoms with Gasteiger partial charge in [-0.1, -0.05) is 6.92 Å². The molecule has 2 heteroatoms. The average molecular weight is 131 g/mol. The molecule has 56 valence electrons. The maximum absolute atomic E-state index is 2.30. The van der Waals surface area contributed by atoms with Crippen LogP contribution < -0.4 is 5.01 Å². The number of nitrogens with one attached hydrogen (secondary N) is 1. The number of hydrogen-bond donors (Lipinski definition) is 1. The predicted molar refractivity (Wildman–Crippen MR) is 40.3 cm³/mol. The van der Waals surface area contributed by atoms with Crippen molar-refractivity contribution in [2.45, 2.75) is 20.3 Å². The minimum atomic E-state index is 1.13. The number of quaternary nitrogens is 1. The minimum Gasteiger partial charge on any atom is -0.257 e. The highest BCUT2D eigenvalue weighted by Gasteiger charge is 2.03. The molecule has 0 aromatic heterocycles. The topological polar surface area (TPSA) is 7.68 Å². The summed E-state index contributed by atoms with van der Waals surface area (Å²) in [7, 11) is 4.35. The average Bonchev–Trinajstić information content (AvgIpc) is 1.87. The van der Waals surface area contributed by atoms with Crippen LogP contribution >= 0.6 is 0 Å². The van der Waals surface area contributed by atoms with Crippen molar-refractivity contribution in [3.05, 3.63) is 0 Å². The fraction of sp³-hybridized carbons (Fsp3) is 1.00. The first-order chi connectivity index (χ1) is 4.22. The summed E-state index contributed by atoms with van der Waals surface area (Å²) >= 11 is 0. The normalized spacial score (nSPS) is 14.3. The van der Waals surface area contributed by atoms with E-state index in [2.05, 4.69) is 33.0 Å². The van der Waals surface area contributed by atoms with Crippen LogP contribution in [0.4, 0.5) is 0 Å². The third kappa shape index (κ3) is 3.49. The van der Waals surface area contributed by atoms with Crippen LogP contribution in [0.25, 0.3) is 0 Å². The van der Waals surface area contributed by atoms with Gasteiger partial charge in [0.05, 0.1) is 13.6 Å². The summed E-state index contributed by atoms with van der Waals surface area (Å²) in [5.74, 6) is 0. The Kier molecular flexibility index (Phi) is 4.72. The molecule has 0 amide bonds. The molecule has 2 nitrogen and oxygen atoms in total. The highest BCUT2D eigenvalue weighted by Crippen LogP contribution is 1.67. The van der Waals surface area contributed by atoms with Gasteiger partial charge in [-0.05, 0) is 13.3 Å². The first-order valence-corrected chi connectivity index (χ1v) is 3.75. The Balaban J connectivity index is 3.32. The predicted octanol–water partition coefficient (Wildman–Crippen LogP) is -0.222. The van der Waals surface area contributed by atoms with Crippen molar-refractivity contribution in [1.29, 1.82) is 0 Å². The van der Waals surface area contributed by atoms with Gasteiger partial charge in [0, 0.05) is 13.6 Å². The Morgan fingerprint density at radius 3 is 2.22 bits per heavy atom. The molecule has 0 bridgehead atoms. The first-order valence-electron chi connectivity index (χ1n) is 3.75. The third-order valence-corrected chi connectivity index (χ3v) is 1.74. The van der Waals surface area contributed by atoms with E-state index in [-0.39, 0.29) is 0 Å². The van der Waals surface area contributed by atoms with Gasteiger partial charge in [0.2, 0.25) is 0 Å². The smallest absolute Gasteiger partial charge is 0.0942 e. The van der Waals surface area contributed by atoms with E-state index in [0.29, 0.717) is 0 Å². The van der Waals surface area contributed by atoms with Gasteiger partial charge in [-0.3, -0.25) is 5.01 Å². The third-order valence-electron chi connectivity index (χ3n) is 1.74. The summed E-state index contributed by atoms with van der Waals surface area (Å²) in [5.41, 5.74) is 0. The van der Waals surface area contributed by atoms with E-state index in [9.17, 15) is 0 Å². The Morgan fingerprint density at radius 1 is 1.33 bits per heavy atom. The van der Waals surface area contributed by atoms with E-state index >= 15 is 0 Å². The fourth-order valence-corrected chi connectivity index (χ4v) is 0.823. The Morgan fingerprint density at radius 2 is 1.89 bits per heavy atom. The van der Waals surface area contributed by atoms with Crippen LogP contribution in [0.5, 0.6) is 0 Å². The van der Waals surface area contributed by atoms with E-state index in [0.717, 1.165) is 6.54 Å². The first kappa shape index (κ1) is 8.92. The standard InChI is InChI=1S/C7H18N2/c1-5-7-9(4)8(3)6-2/h5-7H2,1-4H3/p+1. The Hall–Kier alpha value is -0.0800. The summed E-state index contributed by atoms with van der Waals surface area (Å²) in [6.45, 7) is 6.77. The maximum Gasteiger partial charge on any atom is 0.0942 e. The van der Waals surface area contributed by atoms with Crippen molar-refractivity contribution in [3.8, 4) is 0 Å². The molecule has 0 aromatic rings. The summed E-state index contributed by atoms with van der Waals surface area (Å²) < 4.78 is 0. The maximum atomic E-state index is 2.30. The second kappa shape index (κ2) is 4.77. The van der Waals surface area contributed by atoms with Gasteiger partial charge in [0.1, 0.15) is 0 Å². The largest absolute Gasteiger partial charge is 0.257 e. The number of nitrogens with zero attached hydrogens (tertiary/aromatic N) is 1. The SMILES string of the molecule is CCC[NH+](C)N(C)CC. The lowest BCUT2D eigenvalue weighted by atomic mass is 10.5. The molecule has 9 heavy (non-hydrogen) atoms. The van der Waals surface area contributed by atoms with Gasteiger partial charge < -0.3 is 0 Å². The molecule has 0 saturated carbocycles. The molecule has 0 rings (SSSR count). The second-order valence-corrected chi connectivity index (χ2v) is 2.50. The van der Waals surface area contributed by atoms with Gasteiger partial charge in [0.15, 0.2) is 0 Å². The minimum absolute atomic E-state index is 1.13. The van der Waals surface area contributed by atoms with Crippen LogP contribution in [0, 0.1) is 0 Å². The van der Waals surface area contributed by atoms with Crippen molar-refractivity contribution in [2.24, 2.45) is 0 Å². The molecule has 0 radical (unpaired) electrons. The van der Waals surface area contributed by atoms with Gasteiger partial charge in [-0.2, -0.15) is 5.01 Å². The van der Waals surface area contributed by atoms with Crippen LogP contribution in [0.2, 0.25) is 0 Å².